The van der Waals surface area contributed by atoms with E-state index < -0.39 is 0 Å². The third-order valence-corrected chi connectivity index (χ3v) is 3.83. The second-order valence-corrected chi connectivity index (χ2v) is 4.76. The lowest BCUT2D eigenvalue weighted by atomic mass is 9.75. The van der Waals surface area contributed by atoms with Crippen molar-refractivity contribution in [1.29, 1.82) is 0 Å². The van der Waals surface area contributed by atoms with Crippen LogP contribution in [0.3, 0.4) is 0 Å². The minimum absolute atomic E-state index is 0.0369. The van der Waals surface area contributed by atoms with E-state index in [0.29, 0.717) is 5.92 Å². The Balaban J connectivity index is 2.81. The molecule has 1 aromatic carbocycles. The maximum Gasteiger partial charge on any atom is 0.0220 e. The topological polar surface area (TPSA) is 26.0 Å². The zero-order chi connectivity index (χ0) is 12.0. The molecule has 0 saturated carbocycles. The van der Waals surface area contributed by atoms with Crippen molar-refractivity contribution in [1.82, 2.24) is 0 Å². The van der Waals surface area contributed by atoms with Gasteiger partial charge in [0, 0.05) is 5.54 Å². The van der Waals surface area contributed by atoms with E-state index in [0.717, 1.165) is 12.8 Å². The number of nitrogens with two attached hydrogens (primary N) is 1. The van der Waals surface area contributed by atoms with Gasteiger partial charge in [0.25, 0.3) is 0 Å². The van der Waals surface area contributed by atoms with E-state index in [1.54, 1.807) is 0 Å². The first-order chi connectivity index (χ1) is 7.66. The standard InChI is InChI=1S/C15H25N/c1-4-14(5-2)15(16,6-3)12-13-10-8-7-9-11-13/h7-11,14H,4-6,12,16H2,1-3H3. The minimum atomic E-state index is -0.0369. The van der Waals surface area contributed by atoms with E-state index in [9.17, 15) is 0 Å². The first-order valence-electron chi connectivity index (χ1n) is 6.49. The Hall–Kier alpha value is -0.820. The summed E-state index contributed by atoms with van der Waals surface area (Å²) in [5.41, 5.74) is 7.92. The SMILES string of the molecule is CCC(CC)C(N)(CC)Cc1ccccc1. The van der Waals surface area contributed by atoms with Crippen molar-refractivity contribution in [3.05, 3.63) is 35.9 Å². The molecule has 1 rings (SSSR count). The van der Waals surface area contributed by atoms with Gasteiger partial charge in [-0.25, -0.2) is 0 Å². The molecule has 1 aromatic rings. The van der Waals surface area contributed by atoms with Gasteiger partial charge in [0.05, 0.1) is 0 Å². The molecule has 0 radical (unpaired) electrons. The molecule has 0 bridgehead atoms. The van der Waals surface area contributed by atoms with Gasteiger partial charge in [0.2, 0.25) is 0 Å². The summed E-state index contributed by atoms with van der Waals surface area (Å²) in [6.45, 7) is 6.70. The summed E-state index contributed by atoms with van der Waals surface area (Å²) in [5, 5.41) is 0. The molecule has 0 aromatic heterocycles. The van der Waals surface area contributed by atoms with E-state index in [2.05, 4.69) is 51.1 Å². The Kier molecular flexibility index (Phi) is 5.01. The maximum atomic E-state index is 6.59. The maximum absolute atomic E-state index is 6.59. The fraction of sp³-hybridized carbons (Fsp3) is 0.600. The average molecular weight is 219 g/mol. The minimum Gasteiger partial charge on any atom is -0.325 e. The van der Waals surface area contributed by atoms with Gasteiger partial charge in [0.1, 0.15) is 0 Å². The number of rotatable bonds is 6. The van der Waals surface area contributed by atoms with E-state index >= 15 is 0 Å². The van der Waals surface area contributed by atoms with Gasteiger partial charge in [-0.3, -0.25) is 0 Å². The van der Waals surface area contributed by atoms with Gasteiger partial charge in [0.15, 0.2) is 0 Å². The van der Waals surface area contributed by atoms with Gasteiger partial charge in [-0.15, -0.1) is 0 Å². The second-order valence-electron chi connectivity index (χ2n) is 4.76. The molecule has 90 valence electrons. The van der Waals surface area contributed by atoms with Gasteiger partial charge < -0.3 is 5.73 Å². The Morgan fingerprint density at radius 2 is 1.62 bits per heavy atom. The summed E-state index contributed by atoms with van der Waals surface area (Å²) >= 11 is 0. The van der Waals surface area contributed by atoms with Crippen molar-refractivity contribution in [2.45, 2.75) is 52.0 Å². The summed E-state index contributed by atoms with van der Waals surface area (Å²) in [7, 11) is 0. The van der Waals surface area contributed by atoms with Gasteiger partial charge in [-0.2, -0.15) is 0 Å². The normalized spacial score (nSPS) is 15.1. The third-order valence-electron chi connectivity index (χ3n) is 3.83. The van der Waals surface area contributed by atoms with Crippen LogP contribution in [-0.4, -0.2) is 5.54 Å². The van der Waals surface area contributed by atoms with Crippen LogP contribution in [0.1, 0.15) is 45.6 Å². The lowest BCUT2D eigenvalue weighted by molar-refractivity contribution is 0.243. The first kappa shape index (κ1) is 13.2. The van der Waals surface area contributed by atoms with E-state index in [-0.39, 0.29) is 5.54 Å². The molecule has 0 spiro atoms. The van der Waals surface area contributed by atoms with Crippen LogP contribution in [0, 0.1) is 5.92 Å². The molecule has 0 aliphatic carbocycles. The molecule has 0 amide bonds. The van der Waals surface area contributed by atoms with Gasteiger partial charge >= 0.3 is 0 Å². The molecule has 0 heterocycles. The fourth-order valence-electron chi connectivity index (χ4n) is 2.64. The molecule has 0 aliphatic heterocycles. The Morgan fingerprint density at radius 1 is 1.06 bits per heavy atom. The van der Waals surface area contributed by atoms with Gasteiger partial charge in [-0.05, 0) is 24.3 Å². The molecule has 16 heavy (non-hydrogen) atoms. The Bertz CT molecular complexity index is 290. The second kappa shape index (κ2) is 6.05. The molecule has 1 atom stereocenters. The lowest BCUT2D eigenvalue weighted by Crippen LogP contribution is -2.48. The number of hydrogen-bond donors (Lipinski definition) is 1. The molecule has 0 aliphatic rings. The predicted octanol–water partition coefficient (Wildman–Crippen LogP) is 3.77. The van der Waals surface area contributed by atoms with Crippen LogP contribution in [-0.2, 0) is 6.42 Å². The smallest absolute Gasteiger partial charge is 0.0220 e. The molecular weight excluding hydrogens is 194 g/mol. The van der Waals surface area contributed by atoms with Crippen molar-refractivity contribution < 1.29 is 0 Å². The highest BCUT2D eigenvalue weighted by atomic mass is 14.8. The molecule has 1 heteroatoms. The Labute approximate surface area is 100 Å². The lowest BCUT2D eigenvalue weighted by Gasteiger charge is -2.36. The zero-order valence-electron chi connectivity index (χ0n) is 10.9. The first-order valence-corrected chi connectivity index (χ1v) is 6.49. The zero-order valence-corrected chi connectivity index (χ0v) is 10.9. The van der Waals surface area contributed by atoms with E-state index in [1.165, 1.54) is 18.4 Å². The van der Waals surface area contributed by atoms with Crippen LogP contribution < -0.4 is 5.73 Å². The van der Waals surface area contributed by atoms with Crippen molar-refractivity contribution in [3.8, 4) is 0 Å². The van der Waals surface area contributed by atoms with Crippen molar-refractivity contribution in [2.24, 2.45) is 11.7 Å². The monoisotopic (exact) mass is 219 g/mol. The highest BCUT2D eigenvalue weighted by Gasteiger charge is 2.30. The van der Waals surface area contributed by atoms with Crippen LogP contribution in [0.2, 0.25) is 0 Å². The molecule has 1 nitrogen and oxygen atoms in total. The van der Waals surface area contributed by atoms with Crippen LogP contribution in [0.4, 0.5) is 0 Å². The summed E-state index contributed by atoms with van der Waals surface area (Å²) in [6.07, 6.45) is 4.40. The van der Waals surface area contributed by atoms with Crippen molar-refractivity contribution >= 4 is 0 Å². The largest absolute Gasteiger partial charge is 0.325 e. The number of hydrogen-bond acceptors (Lipinski definition) is 1. The summed E-state index contributed by atoms with van der Waals surface area (Å²) in [6, 6.07) is 10.6. The Morgan fingerprint density at radius 3 is 2.06 bits per heavy atom. The van der Waals surface area contributed by atoms with Crippen molar-refractivity contribution in [3.63, 3.8) is 0 Å². The predicted molar refractivity (Wildman–Crippen MR) is 71.4 cm³/mol. The van der Waals surface area contributed by atoms with Gasteiger partial charge in [-0.1, -0.05) is 63.9 Å². The van der Waals surface area contributed by atoms with Crippen LogP contribution in [0.5, 0.6) is 0 Å². The molecule has 1 unspecified atom stereocenters. The van der Waals surface area contributed by atoms with Crippen LogP contribution in [0.15, 0.2) is 30.3 Å². The highest BCUT2D eigenvalue weighted by Crippen LogP contribution is 2.28. The third kappa shape index (κ3) is 3.08. The summed E-state index contributed by atoms with van der Waals surface area (Å²) in [4.78, 5) is 0. The molecule has 0 saturated heterocycles. The summed E-state index contributed by atoms with van der Waals surface area (Å²) in [5.74, 6) is 0.623. The molecular formula is C15H25N. The van der Waals surface area contributed by atoms with Crippen molar-refractivity contribution in [2.75, 3.05) is 0 Å². The van der Waals surface area contributed by atoms with Crippen LogP contribution in [0.25, 0.3) is 0 Å². The summed E-state index contributed by atoms with van der Waals surface area (Å²) < 4.78 is 0. The number of benzene rings is 1. The molecule has 2 N–H and O–H groups in total. The van der Waals surface area contributed by atoms with E-state index in [1.807, 2.05) is 0 Å². The fourth-order valence-corrected chi connectivity index (χ4v) is 2.64. The highest BCUT2D eigenvalue weighted by molar-refractivity contribution is 5.18. The van der Waals surface area contributed by atoms with Crippen LogP contribution >= 0.6 is 0 Å². The quantitative estimate of drug-likeness (QED) is 0.774. The average Bonchev–Trinajstić information content (AvgIpc) is 2.32. The molecule has 0 fully saturated rings. The van der Waals surface area contributed by atoms with E-state index in [4.69, 9.17) is 5.73 Å².